The standard InChI is InChI=1S/C19H31N5O/c1-20-9-11-24-17-8-10-23(14-16(17)5-7-19(24)25)13-15-4-6-18(21-12-15)22(2)3/h4,6,12,16-17,20H,5,7-11,13-14H2,1-3H3/t16-,17+/m0/s1. The highest BCUT2D eigenvalue weighted by Gasteiger charge is 2.38. The second-order valence-corrected chi connectivity index (χ2v) is 7.50. The Morgan fingerprint density at radius 3 is 2.84 bits per heavy atom. The lowest BCUT2D eigenvalue weighted by molar-refractivity contribution is -0.141. The first-order valence-corrected chi connectivity index (χ1v) is 9.37. The number of carbonyl (C=O) groups excluding carboxylic acids is 1. The number of hydrogen-bond acceptors (Lipinski definition) is 5. The largest absolute Gasteiger partial charge is 0.363 e. The number of nitrogens with zero attached hydrogens (tertiary/aromatic N) is 4. The fraction of sp³-hybridized carbons (Fsp3) is 0.684. The molecule has 25 heavy (non-hydrogen) atoms. The molecule has 2 atom stereocenters. The van der Waals surface area contributed by atoms with Gasteiger partial charge in [0.1, 0.15) is 5.82 Å². The lowest BCUT2D eigenvalue weighted by Gasteiger charge is -2.47. The molecule has 2 saturated heterocycles. The van der Waals surface area contributed by atoms with Crippen LogP contribution in [-0.4, -0.2) is 74.1 Å². The molecule has 1 N–H and O–H groups in total. The molecule has 0 aliphatic carbocycles. The number of nitrogens with one attached hydrogen (secondary N) is 1. The summed E-state index contributed by atoms with van der Waals surface area (Å²) in [5, 5.41) is 3.17. The summed E-state index contributed by atoms with van der Waals surface area (Å²) in [5.41, 5.74) is 1.27. The van der Waals surface area contributed by atoms with Crippen LogP contribution >= 0.6 is 0 Å². The van der Waals surface area contributed by atoms with E-state index in [1.54, 1.807) is 0 Å². The molecule has 0 radical (unpaired) electrons. The van der Waals surface area contributed by atoms with E-state index in [0.717, 1.165) is 51.4 Å². The molecule has 2 fully saturated rings. The average Bonchev–Trinajstić information content (AvgIpc) is 2.61. The second kappa shape index (κ2) is 8.15. The molecule has 3 heterocycles. The normalized spacial score (nSPS) is 24.3. The number of likely N-dealkylation sites (N-methyl/N-ethyl adjacent to an activating group) is 1. The minimum absolute atomic E-state index is 0.341. The highest BCUT2D eigenvalue weighted by Crippen LogP contribution is 2.31. The Morgan fingerprint density at radius 1 is 1.32 bits per heavy atom. The highest BCUT2D eigenvalue weighted by atomic mass is 16.2. The maximum absolute atomic E-state index is 12.3. The van der Waals surface area contributed by atoms with Crippen LogP contribution < -0.4 is 10.2 Å². The van der Waals surface area contributed by atoms with Crippen molar-refractivity contribution in [3.05, 3.63) is 23.9 Å². The zero-order valence-electron chi connectivity index (χ0n) is 15.7. The van der Waals surface area contributed by atoms with Crippen LogP contribution in [0.5, 0.6) is 0 Å². The quantitative estimate of drug-likeness (QED) is 0.839. The van der Waals surface area contributed by atoms with Gasteiger partial charge in [-0.15, -0.1) is 0 Å². The van der Waals surface area contributed by atoms with Crippen molar-refractivity contribution >= 4 is 11.7 Å². The maximum Gasteiger partial charge on any atom is 0.222 e. The van der Waals surface area contributed by atoms with Crippen LogP contribution in [0, 0.1) is 5.92 Å². The van der Waals surface area contributed by atoms with Gasteiger partial charge in [-0.3, -0.25) is 9.69 Å². The summed E-state index contributed by atoms with van der Waals surface area (Å²) in [4.78, 5) is 23.5. The van der Waals surface area contributed by atoms with Crippen molar-refractivity contribution in [1.29, 1.82) is 0 Å². The molecule has 1 amide bonds. The van der Waals surface area contributed by atoms with Gasteiger partial charge in [0.25, 0.3) is 0 Å². The van der Waals surface area contributed by atoms with Crippen molar-refractivity contribution < 1.29 is 4.79 Å². The number of hydrogen-bond donors (Lipinski definition) is 1. The zero-order valence-corrected chi connectivity index (χ0v) is 15.7. The maximum atomic E-state index is 12.3. The van der Waals surface area contributed by atoms with Gasteiger partial charge in [-0.25, -0.2) is 4.98 Å². The van der Waals surface area contributed by atoms with E-state index in [-0.39, 0.29) is 0 Å². The van der Waals surface area contributed by atoms with Crippen LogP contribution in [0.1, 0.15) is 24.8 Å². The first-order valence-electron chi connectivity index (χ1n) is 9.37. The lowest BCUT2D eigenvalue weighted by atomic mass is 9.83. The number of fused-ring (bicyclic) bond motifs is 1. The fourth-order valence-corrected chi connectivity index (χ4v) is 4.13. The van der Waals surface area contributed by atoms with Crippen LogP contribution in [-0.2, 0) is 11.3 Å². The number of amides is 1. The van der Waals surface area contributed by atoms with Crippen molar-refractivity contribution in [2.45, 2.75) is 31.8 Å². The van der Waals surface area contributed by atoms with Crippen LogP contribution in [0.4, 0.5) is 5.82 Å². The van der Waals surface area contributed by atoms with E-state index in [9.17, 15) is 4.79 Å². The van der Waals surface area contributed by atoms with Crippen molar-refractivity contribution in [3.63, 3.8) is 0 Å². The van der Waals surface area contributed by atoms with E-state index in [1.807, 2.05) is 32.2 Å². The SMILES string of the molecule is CNCCN1C(=O)CC[C@H]2CN(Cc3ccc(N(C)C)nc3)CC[C@H]21. The van der Waals surface area contributed by atoms with Gasteiger partial charge in [-0.2, -0.15) is 0 Å². The first kappa shape index (κ1) is 18.1. The second-order valence-electron chi connectivity index (χ2n) is 7.50. The minimum atomic E-state index is 0.341. The zero-order chi connectivity index (χ0) is 17.8. The minimum Gasteiger partial charge on any atom is -0.363 e. The van der Waals surface area contributed by atoms with Gasteiger partial charge < -0.3 is 15.1 Å². The molecule has 0 bridgehead atoms. The number of likely N-dealkylation sites (tertiary alicyclic amines) is 2. The van der Waals surface area contributed by atoms with Gasteiger partial charge in [-0.1, -0.05) is 6.07 Å². The van der Waals surface area contributed by atoms with Gasteiger partial charge in [0.05, 0.1) is 0 Å². The number of anilines is 1. The van der Waals surface area contributed by atoms with E-state index in [0.29, 0.717) is 24.3 Å². The number of carbonyl (C=O) groups is 1. The molecule has 0 spiro atoms. The van der Waals surface area contributed by atoms with Gasteiger partial charge >= 0.3 is 0 Å². The number of rotatable bonds is 6. The van der Waals surface area contributed by atoms with E-state index in [2.05, 4.69) is 32.2 Å². The van der Waals surface area contributed by atoms with E-state index < -0.39 is 0 Å². The molecule has 2 aliphatic rings. The van der Waals surface area contributed by atoms with Crippen molar-refractivity contribution in [3.8, 4) is 0 Å². The summed E-state index contributed by atoms with van der Waals surface area (Å²) in [7, 11) is 5.97. The molecular weight excluding hydrogens is 314 g/mol. The third kappa shape index (κ3) is 4.30. The topological polar surface area (TPSA) is 51.7 Å². The van der Waals surface area contributed by atoms with Crippen molar-refractivity contribution in [2.24, 2.45) is 5.92 Å². The van der Waals surface area contributed by atoms with Crippen LogP contribution in [0.25, 0.3) is 0 Å². The van der Waals surface area contributed by atoms with Crippen molar-refractivity contribution in [1.82, 2.24) is 20.1 Å². The summed E-state index contributed by atoms with van der Waals surface area (Å²) < 4.78 is 0. The Morgan fingerprint density at radius 2 is 2.16 bits per heavy atom. The van der Waals surface area contributed by atoms with Gasteiger partial charge in [0.15, 0.2) is 0 Å². The first-order chi connectivity index (χ1) is 12.1. The third-order valence-electron chi connectivity index (χ3n) is 5.50. The molecule has 6 nitrogen and oxygen atoms in total. The summed E-state index contributed by atoms with van der Waals surface area (Å²) in [6.45, 7) is 4.81. The monoisotopic (exact) mass is 345 g/mol. The molecule has 3 rings (SSSR count). The van der Waals surface area contributed by atoms with Gasteiger partial charge in [0.2, 0.25) is 5.91 Å². The predicted octanol–water partition coefficient (Wildman–Crippen LogP) is 1.18. The van der Waals surface area contributed by atoms with Crippen LogP contribution in [0.15, 0.2) is 18.3 Å². The third-order valence-corrected chi connectivity index (χ3v) is 5.50. The molecule has 6 heteroatoms. The number of aromatic nitrogens is 1. The molecule has 0 unspecified atom stereocenters. The Bertz CT molecular complexity index is 574. The van der Waals surface area contributed by atoms with Crippen molar-refractivity contribution in [2.75, 3.05) is 52.2 Å². The fourth-order valence-electron chi connectivity index (χ4n) is 4.13. The smallest absolute Gasteiger partial charge is 0.222 e. The summed E-state index contributed by atoms with van der Waals surface area (Å²) in [6.07, 6.45) is 4.82. The predicted molar refractivity (Wildman–Crippen MR) is 101 cm³/mol. The van der Waals surface area contributed by atoms with E-state index >= 15 is 0 Å². The summed E-state index contributed by atoms with van der Waals surface area (Å²) >= 11 is 0. The summed E-state index contributed by atoms with van der Waals surface area (Å²) in [6, 6.07) is 4.69. The Hall–Kier alpha value is -1.66. The molecule has 0 saturated carbocycles. The average molecular weight is 345 g/mol. The van der Waals surface area contributed by atoms with E-state index in [1.165, 1.54) is 5.56 Å². The molecule has 138 valence electrons. The van der Waals surface area contributed by atoms with Gasteiger partial charge in [0, 0.05) is 65.5 Å². The lowest BCUT2D eigenvalue weighted by Crippen LogP contribution is -2.56. The molecule has 0 aromatic carbocycles. The number of pyridine rings is 1. The Kier molecular flexibility index (Phi) is 5.91. The highest BCUT2D eigenvalue weighted by molar-refractivity contribution is 5.77. The molecule has 2 aliphatic heterocycles. The molecular formula is C19H31N5O. The molecule has 1 aromatic heterocycles. The molecule has 1 aromatic rings. The van der Waals surface area contributed by atoms with E-state index in [4.69, 9.17) is 0 Å². The Balaban J connectivity index is 1.58. The van der Waals surface area contributed by atoms with Gasteiger partial charge in [-0.05, 0) is 37.4 Å². The van der Waals surface area contributed by atoms with Crippen LogP contribution in [0.2, 0.25) is 0 Å². The Labute approximate surface area is 151 Å². The number of piperidine rings is 2. The summed E-state index contributed by atoms with van der Waals surface area (Å²) in [5.74, 6) is 1.94. The van der Waals surface area contributed by atoms with Crippen LogP contribution in [0.3, 0.4) is 0 Å².